The molecule has 0 saturated carbocycles. The second-order valence-corrected chi connectivity index (χ2v) is 4.71. The molecule has 1 rings (SSSR count). The van der Waals surface area contributed by atoms with E-state index in [-0.39, 0.29) is 0 Å². The summed E-state index contributed by atoms with van der Waals surface area (Å²) in [6, 6.07) is 5.93. The summed E-state index contributed by atoms with van der Waals surface area (Å²) >= 11 is 0. The van der Waals surface area contributed by atoms with Crippen molar-refractivity contribution in [3.8, 4) is 11.5 Å². The van der Waals surface area contributed by atoms with Crippen molar-refractivity contribution < 1.29 is 9.47 Å². The fourth-order valence-corrected chi connectivity index (χ4v) is 1.70. The van der Waals surface area contributed by atoms with E-state index in [9.17, 15) is 0 Å². The molecule has 1 N–H and O–H groups in total. The lowest BCUT2D eigenvalue weighted by Crippen LogP contribution is -2.15. The Morgan fingerprint density at radius 3 is 2.79 bits per heavy atom. The van der Waals surface area contributed by atoms with E-state index in [1.807, 2.05) is 25.1 Å². The van der Waals surface area contributed by atoms with Crippen LogP contribution in [0.4, 0.5) is 0 Å². The first-order valence-corrected chi connectivity index (χ1v) is 6.82. The minimum absolute atomic E-state index is 0.669. The van der Waals surface area contributed by atoms with E-state index >= 15 is 0 Å². The number of rotatable bonds is 9. The summed E-state index contributed by atoms with van der Waals surface area (Å²) in [5.41, 5.74) is 2.27. The minimum atomic E-state index is 0.669. The zero-order valence-corrected chi connectivity index (χ0v) is 12.3. The van der Waals surface area contributed by atoms with Crippen molar-refractivity contribution in [3.05, 3.63) is 35.9 Å². The monoisotopic (exact) mass is 263 g/mol. The van der Waals surface area contributed by atoms with Gasteiger partial charge in [-0.1, -0.05) is 12.5 Å². The molecule has 0 unspecified atom stereocenters. The van der Waals surface area contributed by atoms with Crippen molar-refractivity contribution in [3.63, 3.8) is 0 Å². The lowest BCUT2D eigenvalue weighted by Gasteiger charge is -2.13. The van der Waals surface area contributed by atoms with E-state index in [0.29, 0.717) is 6.61 Å². The van der Waals surface area contributed by atoms with Gasteiger partial charge in [-0.2, -0.15) is 0 Å². The van der Waals surface area contributed by atoms with Crippen LogP contribution < -0.4 is 14.8 Å². The summed E-state index contributed by atoms with van der Waals surface area (Å²) in [6.07, 6.45) is 2.00. The van der Waals surface area contributed by atoms with E-state index in [1.165, 1.54) is 0 Å². The van der Waals surface area contributed by atoms with E-state index in [1.54, 1.807) is 7.11 Å². The van der Waals surface area contributed by atoms with Crippen LogP contribution >= 0.6 is 0 Å². The Balaban J connectivity index is 2.67. The van der Waals surface area contributed by atoms with Gasteiger partial charge in [-0.3, -0.25) is 0 Å². The largest absolute Gasteiger partial charge is 0.497 e. The standard InChI is InChI=1S/C16H25NO2/c1-5-9-17-12-14-11-15(18-4)6-7-16(14)19-10-8-13(2)3/h6-7,11,17H,2,5,8-10,12H2,1,3-4H3. The van der Waals surface area contributed by atoms with Gasteiger partial charge in [0.05, 0.1) is 13.7 Å². The van der Waals surface area contributed by atoms with Crippen LogP contribution in [0.15, 0.2) is 30.4 Å². The Morgan fingerprint density at radius 1 is 1.37 bits per heavy atom. The molecular formula is C16H25NO2. The highest BCUT2D eigenvalue weighted by atomic mass is 16.5. The summed E-state index contributed by atoms with van der Waals surface area (Å²) in [5, 5.41) is 3.39. The third-order valence-electron chi connectivity index (χ3n) is 2.80. The third kappa shape index (κ3) is 5.79. The topological polar surface area (TPSA) is 30.5 Å². The summed E-state index contributed by atoms with van der Waals surface area (Å²) < 4.78 is 11.1. The maximum absolute atomic E-state index is 5.82. The third-order valence-corrected chi connectivity index (χ3v) is 2.80. The van der Waals surface area contributed by atoms with Gasteiger partial charge in [0, 0.05) is 18.5 Å². The normalized spacial score (nSPS) is 10.3. The molecule has 0 heterocycles. The fourth-order valence-electron chi connectivity index (χ4n) is 1.70. The highest BCUT2D eigenvalue weighted by Gasteiger charge is 2.05. The molecule has 0 atom stereocenters. The number of hydrogen-bond donors (Lipinski definition) is 1. The molecule has 0 saturated heterocycles. The first kappa shape index (κ1) is 15.6. The fraction of sp³-hybridized carbons (Fsp3) is 0.500. The number of methoxy groups -OCH3 is 1. The van der Waals surface area contributed by atoms with Crippen molar-refractivity contribution in [1.82, 2.24) is 5.32 Å². The van der Waals surface area contributed by atoms with Crippen LogP contribution in [0.5, 0.6) is 11.5 Å². The zero-order valence-electron chi connectivity index (χ0n) is 12.3. The molecule has 0 aliphatic carbocycles. The Hall–Kier alpha value is -1.48. The molecule has 0 aliphatic heterocycles. The molecule has 0 fully saturated rings. The first-order chi connectivity index (χ1) is 9.17. The van der Waals surface area contributed by atoms with Gasteiger partial charge in [-0.05, 0) is 38.1 Å². The molecule has 0 aromatic heterocycles. The number of ether oxygens (including phenoxy) is 2. The van der Waals surface area contributed by atoms with Crippen LogP contribution in [0.3, 0.4) is 0 Å². The maximum Gasteiger partial charge on any atom is 0.124 e. The van der Waals surface area contributed by atoms with E-state index in [0.717, 1.165) is 48.6 Å². The van der Waals surface area contributed by atoms with Gasteiger partial charge in [0.15, 0.2) is 0 Å². The summed E-state index contributed by atoms with van der Waals surface area (Å²) in [6.45, 7) is 10.5. The van der Waals surface area contributed by atoms with Crippen LogP contribution in [-0.4, -0.2) is 20.3 Å². The van der Waals surface area contributed by atoms with Crippen LogP contribution in [0, 0.1) is 0 Å². The zero-order chi connectivity index (χ0) is 14.1. The van der Waals surface area contributed by atoms with Crippen LogP contribution in [-0.2, 0) is 6.54 Å². The second kappa shape index (κ2) is 8.59. The van der Waals surface area contributed by atoms with Crippen molar-refractivity contribution in [1.29, 1.82) is 0 Å². The molecule has 3 nitrogen and oxygen atoms in total. The minimum Gasteiger partial charge on any atom is -0.497 e. The molecule has 0 spiro atoms. The van der Waals surface area contributed by atoms with Gasteiger partial charge < -0.3 is 14.8 Å². The molecule has 1 aromatic carbocycles. The van der Waals surface area contributed by atoms with Crippen LogP contribution in [0.25, 0.3) is 0 Å². The molecule has 19 heavy (non-hydrogen) atoms. The average Bonchev–Trinajstić information content (AvgIpc) is 2.40. The van der Waals surface area contributed by atoms with Gasteiger partial charge in [0.1, 0.15) is 11.5 Å². The van der Waals surface area contributed by atoms with E-state index in [4.69, 9.17) is 9.47 Å². The molecule has 0 radical (unpaired) electrons. The Morgan fingerprint density at radius 2 is 2.16 bits per heavy atom. The highest BCUT2D eigenvalue weighted by Crippen LogP contribution is 2.24. The van der Waals surface area contributed by atoms with Gasteiger partial charge in [-0.25, -0.2) is 0 Å². The van der Waals surface area contributed by atoms with Crippen LogP contribution in [0.2, 0.25) is 0 Å². The second-order valence-electron chi connectivity index (χ2n) is 4.71. The average molecular weight is 263 g/mol. The Bertz CT molecular complexity index is 402. The molecule has 1 aromatic rings. The summed E-state index contributed by atoms with van der Waals surface area (Å²) in [5.74, 6) is 1.78. The molecule has 106 valence electrons. The number of hydrogen-bond acceptors (Lipinski definition) is 3. The van der Waals surface area contributed by atoms with Gasteiger partial charge in [-0.15, -0.1) is 6.58 Å². The molecule has 0 bridgehead atoms. The SMILES string of the molecule is C=C(C)CCOc1ccc(OC)cc1CNCCC. The van der Waals surface area contributed by atoms with Crippen LogP contribution in [0.1, 0.15) is 32.3 Å². The lowest BCUT2D eigenvalue weighted by atomic mass is 10.2. The van der Waals surface area contributed by atoms with Gasteiger partial charge in [0.25, 0.3) is 0 Å². The van der Waals surface area contributed by atoms with Gasteiger partial charge in [0.2, 0.25) is 0 Å². The van der Waals surface area contributed by atoms with Crippen molar-refractivity contribution >= 4 is 0 Å². The Kier molecular flexibility index (Phi) is 7.04. The first-order valence-electron chi connectivity index (χ1n) is 6.82. The maximum atomic E-state index is 5.82. The predicted molar refractivity (Wildman–Crippen MR) is 79.9 cm³/mol. The quantitative estimate of drug-likeness (QED) is 0.546. The molecular weight excluding hydrogens is 238 g/mol. The Labute approximate surface area is 116 Å². The molecule has 0 amide bonds. The smallest absolute Gasteiger partial charge is 0.124 e. The van der Waals surface area contributed by atoms with Crippen molar-refractivity contribution in [2.45, 2.75) is 33.2 Å². The van der Waals surface area contributed by atoms with Crippen molar-refractivity contribution in [2.24, 2.45) is 0 Å². The van der Waals surface area contributed by atoms with Crippen molar-refractivity contribution in [2.75, 3.05) is 20.3 Å². The van der Waals surface area contributed by atoms with Gasteiger partial charge >= 0.3 is 0 Å². The summed E-state index contributed by atoms with van der Waals surface area (Å²) in [7, 11) is 1.68. The van der Waals surface area contributed by atoms with E-state index in [2.05, 4.69) is 18.8 Å². The van der Waals surface area contributed by atoms with E-state index < -0.39 is 0 Å². The number of nitrogens with one attached hydrogen (secondary N) is 1. The molecule has 0 aliphatic rings. The molecule has 3 heteroatoms. The lowest BCUT2D eigenvalue weighted by molar-refractivity contribution is 0.316. The number of benzene rings is 1. The highest BCUT2D eigenvalue weighted by molar-refractivity contribution is 5.40. The predicted octanol–water partition coefficient (Wildman–Crippen LogP) is 3.54. The summed E-state index contributed by atoms with van der Waals surface area (Å²) in [4.78, 5) is 0.